The van der Waals surface area contributed by atoms with E-state index in [0.29, 0.717) is 19.6 Å². The lowest BCUT2D eigenvalue weighted by Gasteiger charge is -2.45. The Kier molecular flexibility index (Phi) is 4.32. The first kappa shape index (κ1) is 15.5. The number of carbonyl (C=O) groups is 2. The van der Waals surface area contributed by atoms with Crippen LogP contribution in [0.4, 0.5) is 0 Å². The number of carboxylic acid groups (broad SMARTS) is 1. The van der Waals surface area contributed by atoms with Gasteiger partial charge in [-0.15, -0.1) is 0 Å². The molecule has 0 aromatic heterocycles. The summed E-state index contributed by atoms with van der Waals surface area (Å²) in [7, 11) is 1.79. The van der Waals surface area contributed by atoms with Crippen molar-refractivity contribution in [1.29, 1.82) is 0 Å². The van der Waals surface area contributed by atoms with Crippen LogP contribution in [-0.4, -0.2) is 59.0 Å². The van der Waals surface area contributed by atoms with E-state index in [0.717, 1.165) is 5.56 Å². The second kappa shape index (κ2) is 5.85. The van der Waals surface area contributed by atoms with Crippen molar-refractivity contribution in [3.8, 4) is 0 Å². The van der Waals surface area contributed by atoms with Crippen molar-refractivity contribution in [2.45, 2.75) is 25.3 Å². The van der Waals surface area contributed by atoms with Crippen LogP contribution in [0, 0.1) is 0 Å². The summed E-state index contributed by atoms with van der Waals surface area (Å²) >= 11 is 0. The summed E-state index contributed by atoms with van der Waals surface area (Å²) in [6.45, 7) is 5.37. The summed E-state index contributed by atoms with van der Waals surface area (Å²) < 4.78 is 0. The first-order valence-corrected chi connectivity index (χ1v) is 7.12. The van der Waals surface area contributed by atoms with Crippen molar-refractivity contribution in [3.63, 3.8) is 0 Å². The molecule has 1 fully saturated rings. The average Bonchev–Trinajstić information content (AvgIpc) is 2.45. The highest BCUT2D eigenvalue weighted by atomic mass is 16.4. The van der Waals surface area contributed by atoms with Crippen LogP contribution in [0.1, 0.15) is 25.3 Å². The van der Waals surface area contributed by atoms with Crippen LogP contribution in [0.25, 0.3) is 0 Å². The third-order valence-electron chi connectivity index (χ3n) is 4.27. The highest BCUT2D eigenvalue weighted by Gasteiger charge is 2.42. The SMILES string of the molecule is CN1CCN(CC(C(=O)O)c2ccccc2)C(C)(C)C1=O. The van der Waals surface area contributed by atoms with Gasteiger partial charge in [0.05, 0.1) is 11.5 Å². The highest BCUT2D eigenvalue weighted by Crippen LogP contribution is 2.26. The van der Waals surface area contributed by atoms with E-state index >= 15 is 0 Å². The first-order chi connectivity index (χ1) is 9.84. The molecule has 1 heterocycles. The van der Waals surface area contributed by atoms with Crippen molar-refractivity contribution in [2.24, 2.45) is 0 Å². The molecule has 114 valence electrons. The maximum absolute atomic E-state index is 12.3. The Labute approximate surface area is 125 Å². The van der Waals surface area contributed by atoms with E-state index in [9.17, 15) is 14.7 Å². The number of nitrogens with zero attached hydrogens (tertiary/aromatic N) is 2. The molecule has 0 radical (unpaired) electrons. The zero-order valence-electron chi connectivity index (χ0n) is 12.7. The van der Waals surface area contributed by atoms with Crippen molar-refractivity contribution in [3.05, 3.63) is 35.9 Å². The van der Waals surface area contributed by atoms with Gasteiger partial charge in [-0.05, 0) is 19.4 Å². The van der Waals surface area contributed by atoms with Crippen LogP contribution in [-0.2, 0) is 9.59 Å². The molecule has 0 bridgehead atoms. The van der Waals surface area contributed by atoms with E-state index in [1.807, 2.05) is 49.1 Å². The van der Waals surface area contributed by atoms with Crippen molar-refractivity contribution < 1.29 is 14.7 Å². The van der Waals surface area contributed by atoms with Gasteiger partial charge >= 0.3 is 5.97 Å². The molecule has 0 spiro atoms. The molecule has 21 heavy (non-hydrogen) atoms. The van der Waals surface area contributed by atoms with E-state index in [1.165, 1.54) is 0 Å². The van der Waals surface area contributed by atoms with Gasteiger partial charge in [0, 0.05) is 26.7 Å². The number of aliphatic carboxylic acids is 1. The summed E-state index contributed by atoms with van der Waals surface area (Å²) in [5.74, 6) is -1.45. The molecule has 5 heteroatoms. The number of piperazine rings is 1. The van der Waals surface area contributed by atoms with E-state index in [2.05, 4.69) is 0 Å². The van der Waals surface area contributed by atoms with Gasteiger partial charge in [-0.1, -0.05) is 30.3 Å². The van der Waals surface area contributed by atoms with Crippen molar-refractivity contribution in [2.75, 3.05) is 26.7 Å². The van der Waals surface area contributed by atoms with Crippen LogP contribution in [0.15, 0.2) is 30.3 Å². The molecule has 1 amide bonds. The van der Waals surface area contributed by atoms with Gasteiger partial charge in [0.25, 0.3) is 0 Å². The van der Waals surface area contributed by atoms with Crippen LogP contribution < -0.4 is 0 Å². The monoisotopic (exact) mass is 290 g/mol. The summed E-state index contributed by atoms with van der Waals surface area (Å²) in [5.41, 5.74) is 0.0994. The van der Waals surface area contributed by atoms with Crippen LogP contribution in [0.3, 0.4) is 0 Å². The number of hydrogen-bond acceptors (Lipinski definition) is 3. The molecule has 1 aliphatic heterocycles. The highest BCUT2D eigenvalue weighted by molar-refractivity contribution is 5.86. The Bertz CT molecular complexity index is 528. The largest absolute Gasteiger partial charge is 0.481 e. The fraction of sp³-hybridized carbons (Fsp3) is 0.500. The predicted octanol–water partition coefficient (Wildman–Crippen LogP) is 1.41. The van der Waals surface area contributed by atoms with Crippen molar-refractivity contribution >= 4 is 11.9 Å². The summed E-state index contributed by atoms with van der Waals surface area (Å²) in [5, 5.41) is 9.52. The minimum absolute atomic E-state index is 0.0333. The lowest BCUT2D eigenvalue weighted by atomic mass is 9.92. The molecule has 1 N–H and O–H groups in total. The van der Waals surface area contributed by atoms with Gasteiger partial charge in [0.1, 0.15) is 0 Å². The quantitative estimate of drug-likeness (QED) is 0.911. The Hall–Kier alpha value is -1.88. The maximum atomic E-state index is 12.3. The van der Waals surface area contributed by atoms with Gasteiger partial charge in [-0.25, -0.2) is 0 Å². The molecule has 1 aromatic rings. The van der Waals surface area contributed by atoms with Gasteiger partial charge in [-0.3, -0.25) is 14.5 Å². The minimum atomic E-state index is -0.858. The molecule has 1 saturated heterocycles. The van der Waals surface area contributed by atoms with Gasteiger partial charge in [0.2, 0.25) is 5.91 Å². The first-order valence-electron chi connectivity index (χ1n) is 7.12. The maximum Gasteiger partial charge on any atom is 0.312 e. The summed E-state index contributed by atoms with van der Waals surface area (Å²) in [6, 6.07) is 9.19. The van der Waals surface area contributed by atoms with E-state index in [-0.39, 0.29) is 5.91 Å². The van der Waals surface area contributed by atoms with Crippen LogP contribution in [0.5, 0.6) is 0 Å². The van der Waals surface area contributed by atoms with E-state index in [1.54, 1.807) is 11.9 Å². The third-order valence-corrected chi connectivity index (χ3v) is 4.27. The molecule has 1 atom stereocenters. The predicted molar refractivity (Wildman–Crippen MR) is 80.1 cm³/mol. The minimum Gasteiger partial charge on any atom is -0.481 e. The Morgan fingerprint density at radius 3 is 2.48 bits per heavy atom. The number of hydrogen-bond donors (Lipinski definition) is 1. The number of benzene rings is 1. The third kappa shape index (κ3) is 3.08. The topological polar surface area (TPSA) is 60.9 Å². The fourth-order valence-electron chi connectivity index (χ4n) is 2.81. The molecule has 2 rings (SSSR count). The van der Waals surface area contributed by atoms with Crippen LogP contribution >= 0.6 is 0 Å². The number of amides is 1. The Morgan fingerprint density at radius 2 is 1.90 bits per heavy atom. The molecule has 1 unspecified atom stereocenters. The van der Waals surface area contributed by atoms with Gasteiger partial charge in [-0.2, -0.15) is 0 Å². The number of rotatable bonds is 4. The standard InChI is InChI=1S/C16H22N2O3/c1-16(2)15(21)17(3)9-10-18(16)11-13(14(19)20)12-7-5-4-6-8-12/h4-8,13H,9-11H2,1-3H3,(H,19,20). The van der Waals surface area contributed by atoms with Crippen molar-refractivity contribution in [1.82, 2.24) is 9.80 Å². The Balaban J connectivity index is 2.22. The lowest BCUT2D eigenvalue weighted by Crippen LogP contribution is -2.62. The van der Waals surface area contributed by atoms with E-state index in [4.69, 9.17) is 0 Å². The number of carbonyl (C=O) groups excluding carboxylic acids is 1. The molecule has 5 nitrogen and oxygen atoms in total. The van der Waals surface area contributed by atoms with Gasteiger partial charge < -0.3 is 10.0 Å². The molecular weight excluding hydrogens is 268 g/mol. The molecule has 1 aromatic carbocycles. The summed E-state index contributed by atoms with van der Waals surface area (Å²) in [4.78, 5) is 27.6. The lowest BCUT2D eigenvalue weighted by molar-refractivity contribution is -0.150. The zero-order chi connectivity index (χ0) is 15.6. The summed E-state index contributed by atoms with van der Waals surface area (Å²) in [6.07, 6.45) is 0. The molecular formula is C16H22N2O3. The normalized spacial score (nSPS) is 20.3. The average molecular weight is 290 g/mol. The number of likely N-dealkylation sites (N-methyl/N-ethyl adjacent to an activating group) is 1. The molecule has 0 aliphatic carbocycles. The fourth-order valence-corrected chi connectivity index (χ4v) is 2.81. The van der Waals surface area contributed by atoms with E-state index < -0.39 is 17.4 Å². The van der Waals surface area contributed by atoms with Gasteiger partial charge in [0.15, 0.2) is 0 Å². The number of carboxylic acids is 1. The smallest absolute Gasteiger partial charge is 0.312 e. The second-order valence-electron chi connectivity index (χ2n) is 6.03. The second-order valence-corrected chi connectivity index (χ2v) is 6.03. The molecule has 0 saturated carbocycles. The Morgan fingerprint density at radius 1 is 1.29 bits per heavy atom. The molecule has 1 aliphatic rings. The zero-order valence-corrected chi connectivity index (χ0v) is 12.7. The van der Waals surface area contributed by atoms with Crippen LogP contribution in [0.2, 0.25) is 0 Å².